The molecule has 144 valence electrons. The third-order valence-corrected chi connectivity index (χ3v) is 6.64. The first-order valence-electron chi connectivity index (χ1n) is 9.91. The molecule has 5 nitrogen and oxygen atoms in total. The second-order valence-electron chi connectivity index (χ2n) is 8.18. The van der Waals surface area contributed by atoms with E-state index in [1.165, 1.54) is 25.0 Å². The third-order valence-electron chi connectivity index (χ3n) is 6.64. The lowest BCUT2D eigenvalue weighted by Gasteiger charge is -2.35. The average Bonchev–Trinajstić information content (AvgIpc) is 3.33. The van der Waals surface area contributed by atoms with Gasteiger partial charge in [-0.15, -0.1) is 0 Å². The van der Waals surface area contributed by atoms with Gasteiger partial charge in [0.2, 0.25) is 0 Å². The maximum atomic E-state index is 13.9. The SMILES string of the molecule is CN1[C@@H]2CC[C@H]1CC(OC(=O)c1cn(C3CCOC3)c3ccc(F)cc13)C2. The van der Waals surface area contributed by atoms with Crippen molar-refractivity contribution in [1.29, 1.82) is 0 Å². The van der Waals surface area contributed by atoms with Gasteiger partial charge in [0.1, 0.15) is 11.9 Å². The van der Waals surface area contributed by atoms with E-state index in [-0.39, 0.29) is 23.9 Å². The van der Waals surface area contributed by atoms with Crippen LogP contribution in [0, 0.1) is 5.82 Å². The second kappa shape index (κ2) is 6.60. The minimum absolute atomic E-state index is 0.0482. The largest absolute Gasteiger partial charge is 0.459 e. The summed E-state index contributed by atoms with van der Waals surface area (Å²) in [6.07, 6.45) is 6.82. The highest BCUT2D eigenvalue weighted by atomic mass is 19.1. The average molecular weight is 372 g/mol. The molecule has 0 radical (unpaired) electrons. The van der Waals surface area contributed by atoms with E-state index in [9.17, 15) is 9.18 Å². The van der Waals surface area contributed by atoms with Crippen molar-refractivity contribution in [3.63, 3.8) is 0 Å². The Balaban J connectivity index is 1.43. The molecule has 3 aliphatic rings. The Bertz CT molecular complexity index is 860. The van der Waals surface area contributed by atoms with Gasteiger partial charge in [0, 0.05) is 48.6 Å². The van der Waals surface area contributed by atoms with Crippen molar-refractivity contribution in [2.75, 3.05) is 20.3 Å². The molecule has 3 aliphatic heterocycles. The smallest absolute Gasteiger partial charge is 0.340 e. The number of aromatic nitrogens is 1. The molecular weight excluding hydrogens is 347 g/mol. The lowest BCUT2D eigenvalue weighted by molar-refractivity contribution is -0.000291. The molecule has 0 spiro atoms. The van der Waals surface area contributed by atoms with E-state index in [4.69, 9.17) is 9.47 Å². The summed E-state index contributed by atoms with van der Waals surface area (Å²) >= 11 is 0. The zero-order valence-electron chi connectivity index (χ0n) is 15.6. The number of esters is 1. The maximum absolute atomic E-state index is 13.9. The number of ether oxygens (including phenoxy) is 2. The first-order chi connectivity index (χ1) is 13.1. The lowest BCUT2D eigenvalue weighted by Crippen LogP contribution is -2.43. The zero-order chi connectivity index (χ0) is 18.5. The summed E-state index contributed by atoms with van der Waals surface area (Å²) < 4.78 is 27.3. The molecule has 4 heterocycles. The van der Waals surface area contributed by atoms with Crippen LogP contribution in [0.1, 0.15) is 48.5 Å². The van der Waals surface area contributed by atoms with E-state index >= 15 is 0 Å². The van der Waals surface area contributed by atoms with Crippen LogP contribution >= 0.6 is 0 Å². The summed E-state index contributed by atoms with van der Waals surface area (Å²) in [6, 6.07) is 5.83. The molecule has 5 rings (SSSR count). The summed E-state index contributed by atoms with van der Waals surface area (Å²) in [5.74, 6) is -0.675. The number of rotatable bonds is 3. The molecule has 0 saturated carbocycles. The normalized spacial score (nSPS) is 30.9. The van der Waals surface area contributed by atoms with Crippen LogP contribution < -0.4 is 0 Å². The van der Waals surface area contributed by atoms with Crippen LogP contribution in [-0.2, 0) is 9.47 Å². The highest BCUT2D eigenvalue weighted by Gasteiger charge is 2.40. The Labute approximate surface area is 158 Å². The molecule has 0 aliphatic carbocycles. The fourth-order valence-electron chi connectivity index (χ4n) is 5.11. The van der Waals surface area contributed by atoms with Gasteiger partial charge in [-0.25, -0.2) is 9.18 Å². The van der Waals surface area contributed by atoms with E-state index < -0.39 is 0 Å². The summed E-state index contributed by atoms with van der Waals surface area (Å²) in [5, 5.41) is 0.628. The van der Waals surface area contributed by atoms with Crippen molar-refractivity contribution in [3.8, 4) is 0 Å². The number of carbonyl (C=O) groups is 1. The molecule has 27 heavy (non-hydrogen) atoms. The number of hydrogen-bond donors (Lipinski definition) is 0. The van der Waals surface area contributed by atoms with Gasteiger partial charge >= 0.3 is 5.97 Å². The maximum Gasteiger partial charge on any atom is 0.340 e. The van der Waals surface area contributed by atoms with E-state index in [1.54, 1.807) is 6.07 Å². The minimum atomic E-state index is -0.339. The molecule has 2 aromatic rings. The molecule has 1 aromatic carbocycles. The highest BCUT2D eigenvalue weighted by molar-refractivity contribution is 6.04. The number of nitrogens with zero attached hydrogens (tertiary/aromatic N) is 2. The van der Waals surface area contributed by atoms with Crippen molar-refractivity contribution in [3.05, 3.63) is 35.8 Å². The second-order valence-corrected chi connectivity index (χ2v) is 8.18. The van der Waals surface area contributed by atoms with Gasteiger partial charge in [0.05, 0.1) is 18.2 Å². The molecule has 0 amide bonds. The zero-order valence-corrected chi connectivity index (χ0v) is 15.6. The Kier molecular flexibility index (Phi) is 4.20. The van der Waals surface area contributed by atoms with E-state index in [1.807, 2.05) is 6.20 Å². The Morgan fingerprint density at radius 3 is 2.67 bits per heavy atom. The highest BCUT2D eigenvalue weighted by Crippen LogP contribution is 2.36. The van der Waals surface area contributed by atoms with E-state index in [0.29, 0.717) is 36.2 Å². The van der Waals surface area contributed by atoms with Crippen molar-refractivity contribution >= 4 is 16.9 Å². The number of carbonyl (C=O) groups excluding carboxylic acids is 1. The van der Waals surface area contributed by atoms with E-state index in [0.717, 1.165) is 24.8 Å². The van der Waals surface area contributed by atoms with Crippen LogP contribution in [0.25, 0.3) is 10.9 Å². The minimum Gasteiger partial charge on any atom is -0.459 e. The standard InChI is InChI=1S/C21H25FN2O3/c1-23-14-3-4-15(23)10-17(9-14)27-21(25)19-11-24(16-6-7-26-12-16)20-5-2-13(22)8-18(19)20/h2,5,8,11,14-17H,3-4,6-7,9-10,12H2,1H3/t14-,15+,16?,17?. The fourth-order valence-corrected chi connectivity index (χ4v) is 5.11. The van der Waals surface area contributed by atoms with Gasteiger partial charge in [0.25, 0.3) is 0 Å². The van der Waals surface area contributed by atoms with Gasteiger partial charge in [-0.3, -0.25) is 0 Å². The van der Waals surface area contributed by atoms with Crippen LogP contribution in [0.2, 0.25) is 0 Å². The predicted molar refractivity (Wildman–Crippen MR) is 99.4 cm³/mol. The van der Waals surface area contributed by atoms with Gasteiger partial charge < -0.3 is 18.9 Å². The van der Waals surface area contributed by atoms with Crippen LogP contribution in [-0.4, -0.2) is 53.9 Å². The summed E-state index contributed by atoms with van der Waals surface area (Å²) in [6.45, 7) is 1.33. The molecule has 6 heteroatoms. The number of piperidine rings is 1. The van der Waals surface area contributed by atoms with Crippen molar-refractivity contribution in [1.82, 2.24) is 9.47 Å². The molecule has 0 N–H and O–H groups in total. The quantitative estimate of drug-likeness (QED) is 0.774. The molecule has 3 saturated heterocycles. The van der Waals surface area contributed by atoms with Gasteiger partial charge in [-0.1, -0.05) is 0 Å². The van der Waals surface area contributed by atoms with Crippen LogP contribution in [0.5, 0.6) is 0 Å². The van der Waals surface area contributed by atoms with Crippen molar-refractivity contribution in [2.45, 2.75) is 56.3 Å². The fraction of sp³-hybridized carbons (Fsp3) is 0.571. The molecule has 1 aromatic heterocycles. The monoisotopic (exact) mass is 372 g/mol. The Hall–Kier alpha value is -1.92. The number of halogens is 1. The van der Waals surface area contributed by atoms with Crippen molar-refractivity contribution in [2.24, 2.45) is 0 Å². The predicted octanol–water partition coefficient (Wildman–Crippen LogP) is 3.52. The van der Waals surface area contributed by atoms with Crippen LogP contribution in [0.3, 0.4) is 0 Å². The van der Waals surface area contributed by atoms with Gasteiger partial charge in [0.15, 0.2) is 0 Å². The van der Waals surface area contributed by atoms with Crippen LogP contribution in [0.15, 0.2) is 24.4 Å². The van der Waals surface area contributed by atoms with Crippen molar-refractivity contribution < 1.29 is 18.7 Å². The van der Waals surface area contributed by atoms with E-state index in [2.05, 4.69) is 16.5 Å². The first kappa shape index (κ1) is 17.2. The Morgan fingerprint density at radius 1 is 1.19 bits per heavy atom. The van der Waals surface area contributed by atoms with Crippen LogP contribution in [0.4, 0.5) is 4.39 Å². The number of hydrogen-bond acceptors (Lipinski definition) is 4. The summed E-state index contributed by atoms with van der Waals surface area (Å²) in [4.78, 5) is 15.4. The lowest BCUT2D eigenvalue weighted by atomic mass is 10.0. The first-order valence-corrected chi connectivity index (χ1v) is 9.91. The number of benzene rings is 1. The third kappa shape index (κ3) is 2.95. The van der Waals surface area contributed by atoms with Gasteiger partial charge in [-0.2, -0.15) is 0 Å². The number of fused-ring (bicyclic) bond motifs is 3. The molecule has 2 bridgehead atoms. The topological polar surface area (TPSA) is 43.7 Å². The molecule has 4 atom stereocenters. The Morgan fingerprint density at radius 2 is 1.96 bits per heavy atom. The molecule has 2 unspecified atom stereocenters. The van der Waals surface area contributed by atoms with Gasteiger partial charge in [-0.05, 0) is 44.5 Å². The summed E-state index contributed by atoms with van der Waals surface area (Å²) in [7, 11) is 2.17. The molecule has 3 fully saturated rings. The molecular formula is C21H25FN2O3. The summed E-state index contributed by atoms with van der Waals surface area (Å²) in [5.41, 5.74) is 1.32.